The molecule has 0 aliphatic heterocycles. The third-order valence-electron chi connectivity index (χ3n) is 4.85. The number of ether oxygens (including phenoxy) is 2. The van der Waals surface area contributed by atoms with E-state index < -0.39 is 6.10 Å². The molecule has 170 valence electrons. The van der Waals surface area contributed by atoms with Gasteiger partial charge >= 0.3 is 0 Å². The summed E-state index contributed by atoms with van der Waals surface area (Å²) < 4.78 is 26.5. The molecule has 0 aliphatic carbocycles. The van der Waals surface area contributed by atoms with Gasteiger partial charge in [-0.25, -0.2) is 4.39 Å². The van der Waals surface area contributed by atoms with Gasteiger partial charge in [0.25, 0.3) is 5.91 Å². The lowest BCUT2D eigenvalue weighted by atomic mass is 10.1. The standard InChI is InChI=1S/C24H24FN5O3/c1-15-11-16(2)13-20(12-15)33-17(3)24(31)26-9-10-32-22-8-7-21-27-28-23(30(21)29-22)18-5-4-6-19(25)14-18/h4-8,11-14,17H,9-10H2,1-3H3,(H,26,31). The molecule has 0 saturated carbocycles. The average Bonchev–Trinajstić information content (AvgIpc) is 3.19. The topological polar surface area (TPSA) is 90.6 Å². The quantitative estimate of drug-likeness (QED) is 0.414. The van der Waals surface area contributed by atoms with Crippen molar-refractivity contribution in [2.24, 2.45) is 0 Å². The molecule has 1 unspecified atom stereocenters. The number of fused-ring (bicyclic) bond motifs is 1. The summed E-state index contributed by atoms with van der Waals surface area (Å²) in [7, 11) is 0. The molecular weight excluding hydrogens is 425 g/mol. The Kier molecular flexibility index (Phi) is 6.48. The van der Waals surface area contributed by atoms with Crippen LogP contribution in [0, 0.1) is 19.7 Å². The largest absolute Gasteiger partial charge is 0.481 e. The van der Waals surface area contributed by atoms with E-state index in [1.165, 1.54) is 16.6 Å². The zero-order valence-corrected chi connectivity index (χ0v) is 18.6. The molecule has 0 spiro atoms. The summed E-state index contributed by atoms with van der Waals surface area (Å²) in [5.74, 6) is 0.776. The van der Waals surface area contributed by atoms with Crippen LogP contribution >= 0.6 is 0 Å². The van der Waals surface area contributed by atoms with Gasteiger partial charge in [0.15, 0.2) is 17.6 Å². The fourth-order valence-electron chi connectivity index (χ4n) is 3.39. The summed E-state index contributed by atoms with van der Waals surface area (Å²) in [5, 5.41) is 15.3. The Hall–Kier alpha value is -4.01. The maximum atomic E-state index is 13.6. The molecule has 4 aromatic rings. The van der Waals surface area contributed by atoms with Crippen LogP contribution in [0.3, 0.4) is 0 Å². The molecule has 2 heterocycles. The molecule has 1 atom stereocenters. The van der Waals surface area contributed by atoms with Crippen LogP contribution in [0.25, 0.3) is 17.0 Å². The second kappa shape index (κ2) is 9.64. The van der Waals surface area contributed by atoms with E-state index in [1.54, 1.807) is 31.2 Å². The summed E-state index contributed by atoms with van der Waals surface area (Å²) in [6, 6.07) is 15.2. The van der Waals surface area contributed by atoms with Gasteiger partial charge < -0.3 is 14.8 Å². The van der Waals surface area contributed by atoms with Crippen molar-refractivity contribution in [2.75, 3.05) is 13.2 Å². The number of aryl methyl sites for hydroxylation is 2. The van der Waals surface area contributed by atoms with Gasteiger partial charge in [-0.2, -0.15) is 4.52 Å². The number of hydrogen-bond donors (Lipinski definition) is 1. The number of aromatic nitrogens is 4. The monoisotopic (exact) mass is 449 g/mol. The van der Waals surface area contributed by atoms with Crippen LogP contribution in [0.2, 0.25) is 0 Å². The molecule has 1 N–H and O–H groups in total. The first-order valence-electron chi connectivity index (χ1n) is 10.5. The highest BCUT2D eigenvalue weighted by atomic mass is 19.1. The second-order valence-electron chi connectivity index (χ2n) is 7.70. The summed E-state index contributed by atoms with van der Waals surface area (Å²) >= 11 is 0. The Morgan fingerprint density at radius 1 is 1.09 bits per heavy atom. The normalized spacial score (nSPS) is 11.9. The minimum absolute atomic E-state index is 0.206. The number of carbonyl (C=O) groups is 1. The van der Waals surface area contributed by atoms with E-state index in [2.05, 4.69) is 20.6 Å². The van der Waals surface area contributed by atoms with E-state index in [0.717, 1.165) is 11.1 Å². The smallest absolute Gasteiger partial charge is 0.260 e. The number of rotatable bonds is 8. The maximum absolute atomic E-state index is 13.6. The lowest BCUT2D eigenvalue weighted by Gasteiger charge is -2.15. The minimum atomic E-state index is -0.647. The van der Waals surface area contributed by atoms with Crippen molar-refractivity contribution in [3.63, 3.8) is 0 Å². The van der Waals surface area contributed by atoms with Gasteiger partial charge in [0.05, 0.1) is 6.54 Å². The number of halogens is 1. The van der Waals surface area contributed by atoms with Crippen molar-refractivity contribution < 1.29 is 18.7 Å². The van der Waals surface area contributed by atoms with E-state index in [1.807, 2.05) is 32.0 Å². The summed E-state index contributed by atoms with van der Waals surface area (Å²) in [5.41, 5.74) is 3.21. The molecule has 9 heteroatoms. The van der Waals surface area contributed by atoms with Crippen LogP contribution in [0.1, 0.15) is 18.1 Å². The zero-order chi connectivity index (χ0) is 23.4. The van der Waals surface area contributed by atoms with Gasteiger partial charge in [-0.3, -0.25) is 4.79 Å². The van der Waals surface area contributed by atoms with Gasteiger partial charge in [-0.1, -0.05) is 18.2 Å². The zero-order valence-electron chi connectivity index (χ0n) is 18.6. The van der Waals surface area contributed by atoms with Gasteiger partial charge in [-0.15, -0.1) is 15.3 Å². The molecule has 0 fully saturated rings. The van der Waals surface area contributed by atoms with Gasteiger partial charge in [0.2, 0.25) is 5.88 Å². The van der Waals surface area contributed by atoms with E-state index in [-0.39, 0.29) is 24.9 Å². The Bertz CT molecular complexity index is 1270. The summed E-state index contributed by atoms with van der Waals surface area (Å²) in [6.45, 7) is 6.14. The molecule has 2 aromatic carbocycles. The first-order chi connectivity index (χ1) is 15.9. The van der Waals surface area contributed by atoms with Crippen molar-refractivity contribution in [2.45, 2.75) is 26.9 Å². The molecule has 0 aliphatic rings. The van der Waals surface area contributed by atoms with Crippen molar-refractivity contribution >= 4 is 11.6 Å². The fraction of sp³-hybridized carbons (Fsp3) is 0.250. The Morgan fingerprint density at radius 3 is 2.64 bits per heavy atom. The van der Waals surface area contributed by atoms with Crippen molar-refractivity contribution in [1.82, 2.24) is 25.1 Å². The highest BCUT2D eigenvalue weighted by Gasteiger charge is 2.15. The number of amides is 1. The van der Waals surface area contributed by atoms with Crippen molar-refractivity contribution in [3.8, 4) is 23.0 Å². The molecule has 0 bridgehead atoms. The van der Waals surface area contributed by atoms with Gasteiger partial charge in [0, 0.05) is 11.6 Å². The maximum Gasteiger partial charge on any atom is 0.260 e. The first-order valence-corrected chi connectivity index (χ1v) is 10.5. The average molecular weight is 449 g/mol. The third kappa shape index (κ3) is 5.43. The van der Waals surface area contributed by atoms with E-state index in [9.17, 15) is 9.18 Å². The van der Waals surface area contributed by atoms with Gasteiger partial charge in [0.1, 0.15) is 18.2 Å². The van der Waals surface area contributed by atoms with E-state index in [4.69, 9.17) is 9.47 Å². The van der Waals surface area contributed by atoms with Crippen molar-refractivity contribution in [1.29, 1.82) is 0 Å². The highest BCUT2D eigenvalue weighted by Crippen LogP contribution is 2.20. The van der Waals surface area contributed by atoms with Crippen LogP contribution in [-0.2, 0) is 4.79 Å². The molecule has 8 nitrogen and oxygen atoms in total. The van der Waals surface area contributed by atoms with Crippen LogP contribution in [0.5, 0.6) is 11.6 Å². The molecular formula is C24H24FN5O3. The third-order valence-corrected chi connectivity index (χ3v) is 4.85. The number of carbonyl (C=O) groups excluding carboxylic acids is 1. The molecule has 0 radical (unpaired) electrons. The van der Waals surface area contributed by atoms with Crippen LogP contribution in [-0.4, -0.2) is 45.0 Å². The fourth-order valence-corrected chi connectivity index (χ4v) is 3.39. The van der Waals surface area contributed by atoms with Crippen LogP contribution in [0.4, 0.5) is 4.39 Å². The Labute approximate surface area is 190 Å². The lowest BCUT2D eigenvalue weighted by Crippen LogP contribution is -2.38. The van der Waals surface area contributed by atoms with Gasteiger partial charge in [-0.05, 0) is 62.2 Å². The first kappa shape index (κ1) is 22.2. The molecule has 4 rings (SSSR count). The van der Waals surface area contributed by atoms with E-state index >= 15 is 0 Å². The molecule has 2 aromatic heterocycles. The lowest BCUT2D eigenvalue weighted by molar-refractivity contribution is -0.127. The predicted octanol–water partition coefficient (Wildman–Crippen LogP) is 3.51. The minimum Gasteiger partial charge on any atom is -0.481 e. The number of hydrogen-bond acceptors (Lipinski definition) is 6. The Balaban J connectivity index is 1.32. The van der Waals surface area contributed by atoms with Crippen LogP contribution < -0.4 is 14.8 Å². The molecule has 1 amide bonds. The van der Waals surface area contributed by atoms with Crippen LogP contribution in [0.15, 0.2) is 54.6 Å². The number of benzene rings is 2. The highest BCUT2D eigenvalue weighted by molar-refractivity contribution is 5.80. The Morgan fingerprint density at radius 2 is 1.88 bits per heavy atom. The number of nitrogens with zero attached hydrogens (tertiary/aromatic N) is 4. The molecule has 0 saturated heterocycles. The second-order valence-corrected chi connectivity index (χ2v) is 7.70. The molecule has 33 heavy (non-hydrogen) atoms. The SMILES string of the molecule is Cc1cc(C)cc(OC(C)C(=O)NCCOc2ccc3nnc(-c4cccc(F)c4)n3n2)c1. The van der Waals surface area contributed by atoms with Crippen molar-refractivity contribution in [3.05, 3.63) is 71.5 Å². The summed E-state index contributed by atoms with van der Waals surface area (Å²) in [6.07, 6.45) is -0.647. The van der Waals surface area contributed by atoms with E-state index in [0.29, 0.717) is 28.7 Å². The predicted molar refractivity (Wildman–Crippen MR) is 121 cm³/mol. The number of nitrogens with one attached hydrogen (secondary N) is 1. The summed E-state index contributed by atoms with van der Waals surface area (Å²) in [4.78, 5) is 12.3.